The van der Waals surface area contributed by atoms with E-state index in [-0.39, 0.29) is 0 Å². The minimum Gasteiger partial charge on any atom is -0.352 e. The fourth-order valence-corrected chi connectivity index (χ4v) is 2.59. The summed E-state index contributed by atoms with van der Waals surface area (Å²) in [6.45, 7) is 1.06. The van der Waals surface area contributed by atoms with Crippen molar-refractivity contribution in [1.82, 2.24) is 4.98 Å². The van der Waals surface area contributed by atoms with E-state index in [9.17, 15) is 0 Å². The Hall–Kier alpha value is -1.56. The lowest BCUT2D eigenvalue weighted by Gasteiger charge is -2.28. The van der Waals surface area contributed by atoms with Crippen molar-refractivity contribution in [2.75, 3.05) is 11.4 Å². The van der Waals surface area contributed by atoms with Crippen molar-refractivity contribution in [3.63, 3.8) is 0 Å². The maximum Gasteiger partial charge on any atom is 0.146 e. The molecule has 0 N–H and O–H groups in total. The Labute approximate surface area is 89.3 Å². The first kappa shape index (κ1) is 8.72. The van der Waals surface area contributed by atoms with Gasteiger partial charge in [-0.25, -0.2) is 4.98 Å². The highest BCUT2D eigenvalue weighted by Crippen LogP contribution is 2.44. The average Bonchev–Trinajstić information content (AvgIpc) is 3.07. The lowest BCUT2D eigenvalue weighted by Crippen LogP contribution is -2.32. The molecule has 3 nitrogen and oxygen atoms in total. The van der Waals surface area contributed by atoms with Gasteiger partial charge in [-0.3, -0.25) is 0 Å². The molecule has 0 bridgehead atoms. The number of nitriles is 1. The molecule has 3 heteroatoms. The second-order valence-electron chi connectivity index (χ2n) is 4.39. The van der Waals surface area contributed by atoms with Crippen molar-refractivity contribution in [3.05, 3.63) is 23.9 Å². The molecule has 2 aliphatic rings. The Morgan fingerprint density at radius 1 is 1.53 bits per heavy atom. The molecule has 2 fully saturated rings. The monoisotopic (exact) mass is 199 g/mol. The molecule has 1 saturated carbocycles. The third kappa shape index (κ3) is 1.37. The molecule has 1 aromatic heterocycles. The van der Waals surface area contributed by atoms with Gasteiger partial charge in [-0.15, -0.1) is 0 Å². The summed E-state index contributed by atoms with van der Waals surface area (Å²) in [5.41, 5.74) is 0.713. The Morgan fingerprint density at radius 3 is 3.33 bits per heavy atom. The van der Waals surface area contributed by atoms with Crippen molar-refractivity contribution in [3.8, 4) is 6.07 Å². The van der Waals surface area contributed by atoms with E-state index in [2.05, 4.69) is 16.0 Å². The number of hydrogen-bond donors (Lipinski definition) is 0. The van der Waals surface area contributed by atoms with E-state index in [0.717, 1.165) is 18.3 Å². The summed E-state index contributed by atoms with van der Waals surface area (Å²) in [6.07, 6.45) is 5.67. The molecule has 1 aliphatic heterocycles. The minimum absolute atomic E-state index is 0.667. The predicted octanol–water partition coefficient (Wildman–Crippen LogP) is 1.94. The first-order valence-corrected chi connectivity index (χ1v) is 5.52. The number of anilines is 1. The van der Waals surface area contributed by atoms with Gasteiger partial charge in [0.1, 0.15) is 11.9 Å². The van der Waals surface area contributed by atoms with Crippen LogP contribution in [0.2, 0.25) is 0 Å². The van der Waals surface area contributed by atoms with Gasteiger partial charge in [0.25, 0.3) is 0 Å². The van der Waals surface area contributed by atoms with Gasteiger partial charge in [-0.05, 0) is 37.3 Å². The second kappa shape index (κ2) is 3.23. The van der Waals surface area contributed by atoms with Crippen LogP contribution in [0, 0.1) is 17.2 Å². The molecular weight excluding hydrogens is 186 g/mol. The molecular formula is C12H13N3. The van der Waals surface area contributed by atoms with Crippen LogP contribution in [0.15, 0.2) is 18.3 Å². The first-order chi connectivity index (χ1) is 7.40. The average molecular weight is 199 g/mol. The zero-order chi connectivity index (χ0) is 10.3. The van der Waals surface area contributed by atoms with Gasteiger partial charge in [0.05, 0.1) is 5.56 Å². The number of nitrogens with zero attached hydrogens (tertiary/aromatic N) is 3. The zero-order valence-corrected chi connectivity index (χ0v) is 8.56. The maximum absolute atomic E-state index is 9.03. The number of hydrogen-bond acceptors (Lipinski definition) is 3. The standard InChI is InChI=1S/C12H13N3/c13-8-10-3-1-5-14-12(10)15-6-2-4-9-7-11(9)15/h1,3,5,9,11H,2,4,6-7H2. The number of piperidine rings is 1. The molecule has 1 aromatic rings. The third-order valence-corrected chi connectivity index (χ3v) is 3.44. The lowest BCUT2D eigenvalue weighted by atomic mass is 10.1. The van der Waals surface area contributed by atoms with Gasteiger partial charge in [0.2, 0.25) is 0 Å². The quantitative estimate of drug-likeness (QED) is 0.694. The maximum atomic E-state index is 9.03. The molecule has 0 radical (unpaired) electrons. The molecule has 0 aromatic carbocycles. The third-order valence-electron chi connectivity index (χ3n) is 3.44. The molecule has 0 amide bonds. The molecule has 3 rings (SSSR count). The van der Waals surface area contributed by atoms with Crippen LogP contribution < -0.4 is 4.90 Å². The molecule has 2 heterocycles. The Bertz CT molecular complexity index is 421. The summed E-state index contributed by atoms with van der Waals surface area (Å²) < 4.78 is 0. The molecule has 15 heavy (non-hydrogen) atoms. The molecule has 2 unspecified atom stereocenters. The highest BCUT2D eigenvalue weighted by atomic mass is 15.2. The van der Waals surface area contributed by atoms with Crippen LogP contribution in [-0.2, 0) is 0 Å². The largest absolute Gasteiger partial charge is 0.352 e. The summed E-state index contributed by atoms with van der Waals surface area (Å²) in [7, 11) is 0. The van der Waals surface area contributed by atoms with E-state index in [0.29, 0.717) is 11.6 Å². The summed E-state index contributed by atoms with van der Waals surface area (Å²) >= 11 is 0. The van der Waals surface area contributed by atoms with Gasteiger partial charge in [-0.2, -0.15) is 5.26 Å². The highest BCUT2D eigenvalue weighted by Gasteiger charge is 2.44. The molecule has 2 atom stereocenters. The van der Waals surface area contributed by atoms with Crippen molar-refractivity contribution in [2.45, 2.75) is 25.3 Å². The van der Waals surface area contributed by atoms with Gasteiger partial charge in [0.15, 0.2) is 0 Å². The topological polar surface area (TPSA) is 39.9 Å². The van der Waals surface area contributed by atoms with Crippen LogP contribution in [-0.4, -0.2) is 17.6 Å². The van der Waals surface area contributed by atoms with Gasteiger partial charge in [0, 0.05) is 18.8 Å². The van der Waals surface area contributed by atoms with Crippen molar-refractivity contribution in [2.24, 2.45) is 5.92 Å². The van der Waals surface area contributed by atoms with E-state index in [4.69, 9.17) is 5.26 Å². The Kier molecular flexibility index (Phi) is 1.88. The summed E-state index contributed by atoms with van der Waals surface area (Å²) in [6, 6.07) is 6.58. The molecule has 1 saturated heterocycles. The number of aromatic nitrogens is 1. The Balaban J connectivity index is 1.95. The molecule has 0 spiro atoms. The van der Waals surface area contributed by atoms with Crippen molar-refractivity contribution in [1.29, 1.82) is 5.26 Å². The number of fused-ring (bicyclic) bond motifs is 1. The van der Waals surface area contributed by atoms with Crippen LogP contribution in [0.4, 0.5) is 5.82 Å². The smallest absolute Gasteiger partial charge is 0.146 e. The number of rotatable bonds is 1. The number of pyridine rings is 1. The van der Waals surface area contributed by atoms with E-state index in [1.807, 2.05) is 12.1 Å². The highest BCUT2D eigenvalue weighted by molar-refractivity contribution is 5.55. The molecule has 76 valence electrons. The van der Waals surface area contributed by atoms with Gasteiger partial charge < -0.3 is 4.90 Å². The second-order valence-corrected chi connectivity index (χ2v) is 4.39. The predicted molar refractivity (Wildman–Crippen MR) is 57.4 cm³/mol. The van der Waals surface area contributed by atoms with Gasteiger partial charge >= 0.3 is 0 Å². The van der Waals surface area contributed by atoms with E-state index in [1.165, 1.54) is 19.3 Å². The SMILES string of the molecule is N#Cc1cccnc1N1CCCC2CC21. The van der Waals surface area contributed by atoms with Crippen molar-refractivity contribution >= 4 is 5.82 Å². The van der Waals surface area contributed by atoms with E-state index < -0.39 is 0 Å². The Morgan fingerprint density at radius 2 is 2.47 bits per heavy atom. The van der Waals surface area contributed by atoms with Crippen LogP contribution in [0.5, 0.6) is 0 Å². The van der Waals surface area contributed by atoms with E-state index in [1.54, 1.807) is 6.20 Å². The zero-order valence-electron chi connectivity index (χ0n) is 8.56. The van der Waals surface area contributed by atoms with Crippen LogP contribution in [0.25, 0.3) is 0 Å². The molecule has 1 aliphatic carbocycles. The minimum atomic E-state index is 0.667. The first-order valence-electron chi connectivity index (χ1n) is 5.52. The fraction of sp³-hybridized carbons (Fsp3) is 0.500. The van der Waals surface area contributed by atoms with Crippen molar-refractivity contribution < 1.29 is 0 Å². The lowest BCUT2D eigenvalue weighted by molar-refractivity contribution is 0.555. The van der Waals surface area contributed by atoms with E-state index >= 15 is 0 Å². The van der Waals surface area contributed by atoms with Gasteiger partial charge in [-0.1, -0.05) is 0 Å². The summed E-state index contributed by atoms with van der Waals surface area (Å²) in [4.78, 5) is 6.68. The normalized spacial score (nSPS) is 28.1. The fourth-order valence-electron chi connectivity index (χ4n) is 2.59. The van der Waals surface area contributed by atoms with Crippen LogP contribution >= 0.6 is 0 Å². The van der Waals surface area contributed by atoms with Crippen LogP contribution in [0.3, 0.4) is 0 Å². The van der Waals surface area contributed by atoms with Crippen LogP contribution in [0.1, 0.15) is 24.8 Å². The summed E-state index contributed by atoms with van der Waals surface area (Å²) in [5.74, 6) is 1.76. The summed E-state index contributed by atoms with van der Waals surface area (Å²) in [5, 5.41) is 9.03.